The van der Waals surface area contributed by atoms with Crippen LogP contribution in [-0.2, 0) is 30.8 Å². The summed E-state index contributed by atoms with van der Waals surface area (Å²) in [6.45, 7) is 1.56. The van der Waals surface area contributed by atoms with Gasteiger partial charge >= 0.3 is 5.97 Å². The number of ether oxygens (including phenoxy) is 1. The Morgan fingerprint density at radius 2 is 1.70 bits per heavy atom. The quantitative estimate of drug-likeness (QED) is 0.455. The number of esters is 1. The first-order valence-electron chi connectivity index (χ1n) is 9.38. The highest BCUT2D eigenvalue weighted by Gasteiger charge is 2.23. The summed E-state index contributed by atoms with van der Waals surface area (Å²) in [6.07, 6.45) is 0.924. The predicted molar refractivity (Wildman–Crippen MR) is 110 cm³/mol. The molecule has 1 N–H and O–H groups in total. The number of hydrogen-bond acceptors (Lipinski definition) is 5. The lowest BCUT2D eigenvalue weighted by molar-refractivity contribution is -0.143. The van der Waals surface area contributed by atoms with Gasteiger partial charge in [0.1, 0.15) is 19.0 Å². The SMILES string of the molecule is Cc1ccc(CCC(=O)NCCOC(=O)CN(C)S(=O)(=O)c2ccc(F)cc2)cc1. The zero-order valence-electron chi connectivity index (χ0n) is 16.9. The summed E-state index contributed by atoms with van der Waals surface area (Å²) >= 11 is 0. The zero-order valence-corrected chi connectivity index (χ0v) is 17.7. The maximum absolute atomic E-state index is 13.0. The van der Waals surface area contributed by atoms with Crippen LogP contribution in [0.3, 0.4) is 0 Å². The van der Waals surface area contributed by atoms with Gasteiger partial charge in [0.25, 0.3) is 0 Å². The molecule has 0 bridgehead atoms. The van der Waals surface area contributed by atoms with Crippen molar-refractivity contribution in [2.75, 3.05) is 26.7 Å². The summed E-state index contributed by atoms with van der Waals surface area (Å²) in [5.41, 5.74) is 2.22. The molecule has 7 nitrogen and oxygen atoms in total. The second kappa shape index (κ2) is 10.8. The topological polar surface area (TPSA) is 92.8 Å². The van der Waals surface area contributed by atoms with Gasteiger partial charge in [-0.15, -0.1) is 0 Å². The van der Waals surface area contributed by atoms with Gasteiger partial charge in [-0.2, -0.15) is 4.31 Å². The minimum atomic E-state index is -3.94. The average molecular weight is 437 g/mol. The lowest BCUT2D eigenvalue weighted by Gasteiger charge is -2.16. The first kappa shape index (κ1) is 23.5. The molecule has 0 saturated heterocycles. The van der Waals surface area contributed by atoms with E-state index in [2.05, 4.69) is 5.32 Å². The molecular weight excluding hydrogens is 411 g/mol. The smallest absolute Gasteiger partial charge is 0.321 e. The maximum Gasteiger partial charge on any atom is 0.321 e. The predicted octanol–water partition coefficient (Wildman–Crippen LogP) is 2.05. The molecule has 0 heterocycles. The maximum atomic E-state index is 13.0. The highest BCUT2D eigenvalue weighted by molar-refractivity contribution is 7.89. The van der Waals surface area contributed by atoms with Crippen molar-refractivity contribution in [2.45, 2.75) is 24.7 Å². The van der Waals surface area contributed by atoms with E-state index in [1.54, 1.807) is 0 Å². The third-order valence-electron chi connectivity index (χ3n) is 4.32. The minimum absolute atomic E-state index is 0.0699. The number of sulfonamides is 1. The monoisotopic (exact) mass is 436 g/mol. The van der Waals surface area contributed by atoms with Crippen molar-refractivity contribution in [3.63, 3.8) is 0 Å². The van der Waals surface area contributed by atoms with Gasteiger partial charge in [-0.1, -0.05) is 29.8 Å². The van der Waals surface area contributed by atoms with Crippen molar-refractivity contribution < 1.29 is 27.1 Å². The molecule has 0 radical (unpaired) electrons. The molecule has 9 heteroatoms. The summed E-state index contributed by atoms with van der Waals surface area (Å²) in [4.78, 5) is 23.6. The standard InChI is InChI=1S/C21H25FN2O5S/c1-16-3-5-17(6-4-16)7-12-20(25)23-13-14-29-21(26)15-24(2)30(27,28)19-10-8-18(22)9-11-19/h3-6,8-11H,7,12-15H2,1-2H3,(H,23,25). The first-order chi connectivity index (χ1) is 14.2. The van der Waals surface area contributed by atoms with Crippen LogP contribution in [0.2, 0.25) is 0 Å². The summed E-state index contributed by atoms with van der Waals surface area (Å²) in [7, 11) is -2.71. The van der Waals surface area contributed by atoms with Gasteiger partial charge in [-0.3, -0.25) is 9.59 Å². The average Bonchev–Trinajstić information content (AvgIpc) is 2.71. The van der Waals surface area contributed by atoms with Gasteiger partial charge in [0.05, 0.1) is 11.4 Å². The molecular formula is C21H25FN2O5S. The first-order valence-corrected chi connectivity index (χ1v) is 10.8. The van der Waals surface area contributed by atoms with Crippen LogP contribution in [0.4, 0.5) is 4.39 Å². The Bertz CT molecular complexity index is 960. The number of amides is 1. The van der Waals surface area contributed by atoms with Gasteiger partial charge in [-0.25, -0.2) is 12.8 Å². The van der Waals surface area contributed by atoms with E-state index in [1.807, 2.05) is 31.2 Å². The Balaban J connectivity index is 1.68. The van der Waals surface area contributed by atoms with E-state index in [0.29, 0.717) is 12.8 Å². The molecule has 0 aromatic heterocycles. The van der Waals surface area contributed by atoms with Gasteiger partial charge < -0.3 is 10.1 Å². The molecule has 1 amide bonds. The van der Waals surface area contributed by atoms with Crippen molar-refractivity contribution in [1.82, 2.24) is 9.62 Å². The Hall–Kier alpha value is -2.78. The van der Waals surface area contributed by atoms with Crippen LogP contribution in [0.1, 0.15) is 17.5 Å². The number of aryl methyl sites for hydroxylation is 2. The van der Waals surface area contributed by atoms with Crippen LogP contribution in [0, 0.1) is 12.7 Å². The summed E-state index contributed by atoms with van der Waals surface area (Å²) < 4.78 is 43.4. The lowest BCUT2D eigenvalue weighted by Crippen LogP contribution is -2.34. The summed E-state index contributed by atoms with van der Waals surface area (Å²) in [5.74, 6) is -1.48. The molecule has 162 valence electrons. The van der Waals surface area contributed by atoms with Crippen LogP contribution in [0.15, 0.2) is 53.4 Å². The highest BCUT2D eigenvalue weighted by atomic mass is 32.2. The van der Waals surface area contributed by atoms with Gasteiger partial charge in [0, 0.05) is 13.5 Å². The van der Waals surface area contributed by atoms with Crippen LogP contribution >= 0.6 is 0 Å². The molecule has 0 aliphatic rings. The number of likely N-dealkylation sites (N-methyl/N-ethyl adjacent to an activating group) is 1. The number of hydrogen-bond donors (Lipinski definition) is 1. The molecule has 0 aliphatic carbocycles. The highest BCUT2D eigenvalue weighted by Crippen LogP contribution is 2.14. The molecule has 0 unspecified atom stereocenters. The van der Waals surface area contributed by atoms with E-state index in [1.165, 1.54) is 7.05 Å². The molecule has 2 rings (SSSR count). The summed E-state index contributed by atoms with van der Waals surface area (Å²) in [6, 6.07) is 12.2. The van der Waals surface area contributed by atoms with E-state index in [0.717, 1.165) is 39.7 Å². The van der Waals surface area contributed by atoms with Gasteiger partial charge in [0.2, 0.25) is 15.9 Å². The largest absolute Gasteiger partial charge is 0.463 e. The molecule has 30 heavy (non-hydrogen) atoms. The van der Waals surface area contributed by atoms with E-state index in [4.69, 9.17) is 4.74 Å². The molecule has 0 fully saturated rings. The third kappa shape index (κ3) is 7.23. The number of nitrogens with one attached hydrogen (secondary N) is 1. The zero-order chi connectivity index (χ0) is 22.1. The number of rotatable bonds is 10. The van der Waals surface area contributed by atoms with Crippen LogP contribution in [0.5, 0.6) is 0 Å². The fourth-order valence-electron chi connectivity index (χ4n) is 2.56. The Morgan fingerprint density at radius 3 is 2.33 bits per heavy atom. The van der Waals surface area contributed by atoms with Crippen LogP contribution in [0.25, 0.3) is 0 Å². The molecule has 2 aromatic rings. The normalized spacial score (nSPS) is 11.3. The van der Waals surface area contributed by atoms with Gasteiger partial charge in [0.15, 0.2) is 0 Å². The van der Waals surface area contributed by atoms with Crippen LogP contribution < -0.4 is 5.32 Å². The minimum Gasteiger partial charge on any atom is -0.463 e. The number of halogens is 1. The second-order valence-corrected chi connectivity index (χ2v) is 8.82. The van der Waals surface area contributed by atoms with Gasteiger partial charge in [-0.05, 0) is 43.2 Å². The van der Waals surface area contributed by atoms with E-state index >= 15 is 0 Å². The Kier molecular flexibility index (Phi) is 8.49. The fourth-order valence-corrected chi connectivity index (χ4v) is 3.67. The molecule has 0 aliphatic heterocycles. The Morgan fingerprint density at radius 1 is 1.07 bits per heavy atom. The van der Waals surface area contributed by atoms with E-state index in [-0.39, 0.29) is 24.0 Å². The third-order valence-corrected chi connectivity index (χ3v) is 6.14. The van der Waals surface area contributed by atoms with Crippen molar-refractivity contribution >= 4 is 21.9 Å². The molecule has 2 aromatic carbocycles. The number of benzene rings is 2. The van der Waals surface area contributed by atoms with Crippen molar-refractivity contribution in [1.29, 1.82) is 0 Å². The van der Waals surface area contributed by atoms with Crippen LogP contribution in [-0.4, -0.2) is 51.3 Å². The lowest BCUT2D eigenvalue weighted by atomic mass is 10.1. The summed E-state index contributed by atoms with van der Waals surface area (Å²) in [5, 5.41) is 2.65. The van der Waals surface area contributed by atoms with E-state index in [9.17, 15) is 22.4 Å². The number of nitrogens with zero attached hydrogens (tertiary/aromatic N) is 1. The molecule has 0 atom stereocenters. The number of carbonyl (C=O) groups excluding carboxylic acids is 2. The van der Waals surface area contributed by atoms with Crippen molar-refractivity contribution in [2.24, 2.45) is 0 Å². The Labute approximate surface area is 175 Å². The second-order valence-electron chi connectivity index (χ2n) is 6.77. The molecule has 0 spiro atoms. The van der Waals surface area contributed by atoms with Crippen molar-refractivity contribution in [3.05, 3.63) is 65.5 Å². The van der Waals surface area contributed by atoms with E-state index < -0.39 is 28.4 Å². The van der Waals surface area contributed by atoms with Crippen molar-refractivity contribution in [3.8, 4) is 0 Å². The fraction of sp³-hybridized carbons (Fsp3) is 0.333. The number of carbonyl (C=O) groups is 2. The molecule has 0 saturated carbocycles.